The lowest BCUT2D eigenvalue weighted by atomic mass is 10.2. The molecule has 10 heteroatoms. The first-order chi connectivity index (χ1) is 12.9. The van der Waals surface area contributed by atoms with Gasteiger partial charge in [-0.2, -0.15) is 0 Å². The van der Waals surface area contributed by atoms with Crippen LogP contribution in [0.4, 0.5) is 5.69 Å². The number of halogens is 1. The number of aryl methyl sites for hydroxylation is 2. The van der Waals surface area contributed by atoms with Gasteiger partial charge in [-0.05, 0) is 31.9 Å². The van der Waals surface area contributed by atoms with E-state index >= 15 is 0 Å². The molecule has 0 radical (unpaired) electrons. The molecule has 2 N–H and O–H groups in total. The Hall–Kier alpha value is -1.82. The maximum Gasteiger partial charge on any atom is 0.236 e. The van der Waals surface area contributed by atoms with Crippen molar-refractivity contribution >= 4 is 45.6 Å². The first-order valence-electron chi connectivity index (χ1n) is 8.86. The maximum absolute atomic E-state index is 12.7. The van der Waals surface area contributed by atoms with E-state index < -0.39 is 10.0 Å². The lowest BCUT2D eigenvalue weighted by Gasteiger charge is -2.20. The fraction of sp³-hybridized carbons (Fsp3) is 0.444. The molecule has 28 heavy (non-hydrogen) atoms. The second-order valence-electron chi connectivity index (χ2n) is 6.37. The van der Waals surface area contributed by atoms with Crippen molar-refractivity contribution in [2.75, 3.05) is 30.2 Å². The molecule has 0 amide bonds. The number of nitrogens with zero attached hydrogens (tertiary/aromatic N) is 3. The largest absolute Gasteiger partial charge is 0.444 e. The van der Waals surface area contributed by atoms with Crippen LogP contribution >= 0.6 is 24.0 Å². The highest BCUT2D eigenvalue weighted by atomic mass is 127. The molecule has 3 rings (SSSR count). The van der Waals surface area contributed by atoms with Crippen LogP contribution in [0.3, 0.4) is 0 Å². The number of hydrogen-bond donors (Lipinski definition) is 2. The van der Waals surface area contributed by atoms with Crippen molar-refractivity contribution in [2.24, 2.45) is 4.99 Å². The summed E-state index contributed by atoms with van der Waals surface area (Å²) < 4.78 is 32.4. The van der Waals surface area contributed by atoms with Gasteiger partial charge in [0.1, 0.15) is 5.76 Å². The normalized spacial score (nSPS) is 13.8. The van der Waals surface area contributed by atoms with Crippen molar-refractivity contribution in [3.63, 3.8) is 0 Å². The van der Waals surface area contributed by atoms with Gasteiger partial charge in [0, 0.05) is 20.1 Å². The van der Waals surface area contributed by atoms with Crippen molar-refractivity contribution in [1.82, 2.24) is 15.6 Å². The number of aliphatic imine (C=N–C) groups is 1. The van der Waals surface area contributed by atoms with E-state index in [9.17, 15) is 8.42 Å². The summed E-state index contributed by atoms with van der Waals surface area (Å²) in [5.74, 6) is 1.83. The summed E-state index contributed by atoms with van der Waals surface area (Å²) >= 11 is 0. The smallest absolute Gasteiger partial charge is 0.236 e. The molecule has 1 aromatic heterocycles. The molecular weight excluding hydrogens is 493 g/mol. The van der Waals surface area contributed by atoms with E-state index in [-0.39, 0.29) is 36.3 Å². The Morgan fingerprint density at radius 2 is 2.04 bits per heavy atom. The first-order valence-corrected chi connectivity index (χ1v) is 10.5. The fourth-order valence-corrected chi connectivity index (χ4v) is 4.43. The van der Waals surface area contributed by atoms with Gasteiger partial charge in [0.15, 0.2) is 5.96 Å². The number of guanidine groups is 1. The van der Waals surface area contributed by atoms with Crippen molar-refractivity contribution in [3.05, 3.63) is 47.2 Å². The number of fused-ring (bicyclic) bond motifs is 1. The van der Waals surface area contributed by atoms with Crippen LogP contribution in [0.15, 0.2) is 33.7 Å². The quantitative estimate of drug-likeness (QED) is 0.344. The third kappa shape index (κ3) is 5.16. The van der Waals surface area contributed by atoms with Gasteiger partial charge >= 0.3 is 0 Å². The van der Waals surface area contributed by atoms with E-state index in [4.69, 9.17) is 4.42 Å². The monoisotopic (exact) mass is 519 g/mol. The highest BCUT2D eigenvalue weighted by Crippen LogP contribution is 2.29. The second-order valence-corrected chi connectivity index (χ2v) is 8.38. The summed E-state index contributed by atoms with van der Waals surface area (Å²) in [6.45, 7) is 4.87. The minimum absolute atomic E-state index is 0. The summed E-state index contributed by atoms with van der Waals surface area (Å²) in [5.41, 5.74) is 2.71. The standard InChI is InChI=1S/C18H25N5O3S.HI/c1-13-14(2)26-17(22-13)12-21-18(19-3)20-9-11-27(24,25)23-10-8-15-6-4-5-7-16(15)23;/h4-7H,8-12H2,1-3H3,(H2,19,20,21);1H. The van der Waals surface area contributed by atoms with Gasteiger partial charge in [-0.3, -0.25) is 9.30 Å². The number of aromatic nitrogens is 1. The SMILES string of the molecule is CN=C(NCCS(=O)(=O)N1CCc2ccccc21)NCc1nc(C)c(C)o1.I. The van der Waals surface area contributed by atoms with Gasteiger partial charge < -0.3 is 15.1 Å². The van der Waals surface area contributed by atoms with E-state index in [2.05, 4.69) is 20.6 Å². The third-order valence-corrected chi connectivity index (χ3v) is 6.31. The minimum Gasteiger partial charge on any atom is -0.444 e. The van der Waals surface area contributed by atoms with Gasteiger partial charge in [0.2, 0.25) is 15.9 Å². The molecule has 0 saturated carbocycles. The van der Waals surface area contributed by atoms with Gasteiger partial charge in [-0.15, -0.1) is 24.0 Å². The maximum atomic E-state index is 12.7. The summed E-state index contributed by atoms with van der Waals surface area (Å²) in [6.07, 6.45) is 0.751. The van der Waals surface area contributed by atoms with Crippen LogP contribution in [-0.4, -0.2) is 45.3 Å². The van der Waals surface area contributed by atoms with Crippen LogP contribution in [0.1, 0.15) is 22.9 Å². The molecule has 1 aliphatic rings. The number of hydrogen-bond acceptors (Lipinski definition) is 5. The number of rotatable bonds is 6. The molecule has 2 heterocycles. The third-order valence-electron chi connectivity index (χ3n) is 4.54. The van der Waals surface area contributed by atoms with E-state index in [1.807, 2.05) is 38.1 Å². The molecule has 1 aromatic carbocycles. The Labute approximate surface area is 182 Å². The topological polar surface area (TPSA) is 99.8 Å². The molecule has 0 bridgehead atoms. The Morgan fingerprint density at radius 3 is 2.71 bits per heavy atom. The summed E-state index contributed by atoms with van der Waals surface area (Å²) in [4.78, 5) is 8.40. The zero-order chi connectivity index (χ0) is 19.4. The number of benzene rings is 1. The molecule has 0 atom stereocenters. The van der Waals surface area contributed by atoms with E-state index in [1.54, 1.807) is 7.05 Å². The molecule has 0 aliphatic carbocycles. The molecule has 1 aliphatic heterocycles. The molecule has 154 valence electrons. The van der Waals surface area contributed by atoms with Crippen LogP contribution in [0.5, 0.6) is 0 Å². The Balaban J connectivity index is 0.00000280. The second kappa shape index (κ2) is 9.59. The Bertz CT molecular complexity index is 923. The zero-order valence-corrected chi connectivity index (χ0v) is 19.4. The molecule has 8 nitrogen and oxygen atoms in total. The van der Waals surface area contributed by atoms with E-state index in [0.717, 1.165) is 29.1 Å². The average molecular weight is 519 g/mol. The lowest BCUT2D eigenvalue weighted by Crippen LogP contribution is -2.41. The summed E-state index contributed by atoms with van der Waals surface area (Å²) in [5, 5.41) is 6.10. The Morgan fingerprint density at radius 1 is 1.29 bits per heavy atom. The molecule has 2 aromatic rings. The van der Waals surface area contributed by atoms with Crippen molar-refractivity contribution < 1.29 is 12.8 Å². The lowest BCUT2D eigenvalue weighted by molar-refractivity contribution is 0.464. The van der Waals surface area contributed by atoms with Gasteiger partial charge in [-0.25, -0.2) is 13.4 Å². The molecule has 0 unspecified atom stereocenters. The predicted molar refractivity (Wildman–Crippen MR) is 121 cm³/mol. The van der Waals surface area contributed by atoms with Gasteiger partial charge in [0.25, 0.3) is 0 Å². The highest BCUT2D eigenvalue weighted by Gasteiger charge is 2.28. The Kier molecular flexibility index (Phi) is 7.70. The van der Waals surface area contributed by atoms with Crippen molar-refractivity contribution in [1.29, 1.82) is 0 Å². The predicted octanol–water partition coefficient (Wildman–Crippen LogP) is 1.97. The van der Waals surface area contributed by atoms with Crippen molar-refractivity contribution in [3.8, 4) is 0 Å². The summed E-state index contributed by atoms with van der Waals surface area (Å²) in [7, 11) is -1.76. The molecule has 0 spiro atoms. The summed E-state index contributed by atoms with van der Waals surface area (Å²) in [6, 6.07) is 7.63. The molecular formula is C18H26IN5O3S. The molecule has 0 fully saturated rings. The van der Waals surface area contributed by atoms with Crippen LogP contribution in [-0.2, 0) is 23.0 Å². The molecule has 0 saturated heterocycles. The van der Waals surface area contributed by atoms with Crippen LogP contribution in [0.25, 0.3) is 0 Å². The average Bonchev–Trinajstić information content (AvgIpc) is 3.21. The van der Waals surface area contributed by atoms with Crippen LogP contribution in [0, 0.1) is 13.8 Å². The highest BCUT2D eigenvalue weighted by molar-refractivity contribution is 14.0. The zero-order valence-electron chi connectivity index (χ0n) is 16.2. The van der Waals surface area contributed by atoms with Gasteiger partial charge in [0.05, 0.1) is 23.7 Å². The van der Waals surface area contributed by atoms with Crippen LogP contribution < -0.4 is 14.9 Å². The fourth-order valence-electron chi connectivity index (χ4n) is 3.00. The van der Waals surface area contributed by atoms with E-state index in [0.29, 0.717) is 24.9 Å². The van der Waals surface area contributed by atoms with Crippen molar-refractivity contribution in [2.45, 2.75) is 26.8 Å². The van der Waals surface area contributed by atoms with Gasteiger partial charge in [-0.1, -0.05) is 18.2 Å². The number of sulfonamides is 1. The first kappa shape index (κ1) is 22.5. The van der Waals surface area contributed by atoms with E-state index in [1.165, 1.54) is 4.31 Å². The number of anilines is 1. The number of oxazole rings is 1. The van der Waals surface area contributed by atoms with Crippen LogP contribution in [0.2, 0.25) is 0 Å². The number of para-hydroxylation sites is 1. The minimum atomic E-state index is -3.39. The number of nitrogens with one attached hydrogen (secondary N) is 2.